The highest BCUT2D eigenvalue weighted by Gasteiger charge is 2.37. The minimum Gasteiger partial charge on any atom is -0.380 e. The highest BCUT2D eigenvalue weighted by atomic mass is 32.1. The monoisotopic (exact) mass is 304 g/mol. The van der Waals surface area contributed by atoms with Gasteiger partial charge in [-0.3, -0.25) is 0 Å². The van der Waals surface area contributed by atoms with Crippen LogP contribution in [0.3, 0.4) is 0 Å². The first-order valence-electron chi connectivity index (χ1n) is 5.78. The minimum absolute atomic E-state index is 0.0109. The fourth-order valence-corrected chi connectivity index (χ4v) is 3.06. The zero-order chi connectivity index (χ0) is 15.1. The van der Waals surface area contributed by atoms with Crippen LogP contribution in [0, 0.1) is 12.7 Å². The summed E-state index contributed by atoms with van der Waals surface area (Å²) in [6.45, 7) is 3.16. The molecule has 0 spiro atoms. The lowest BCUT2D eigenvalue weighted by molar-refractivity contribution is -0.140. The smallest absolute Gasteiger partial charge is 0.380 e. The first-order chi connectivity index (χ1) is 9.14. The molecule has 1 aromatic carbocycles. The molecule has 0 radical (unpaired) electrons. The Labute approximate surface area is 117 Å². The Morgan fingerprint density at radius 2 is 1.80 bits per heavy atom. The summed E-state index contributed by atoms with van der Waals surface area (Å²) in [5, 5.41) is 12.3. The summed E-state index contributed by atoms with van der Waals surface area (Å²) in [6.07, 6.45) is -4.79. The summed E-state index contributed by atoms with van der Waals surface area (Å²) in [6, 6.07) is 4.33. The second-order valence-corrected chi connectivity index (χ2v) is 5.61. The van der Waals surface area contributed by atoms with Crippen LogP contribution in [-0.4, -0.2) is 5.11 Å². The molecule has 1 unspecified atom stereocenters. The normalized spacial score (nSPS) is 15.2. The average Bonchev–Trinajstić information content (AvgIpc) is 2.75. The van der Waals surface area contributed by atoms with E-state index in [0.717, 1.165) is 11.6 Å². The van der Waals surface area contributed by atoms with Crippen molar-refractivity contribution in [2.45, 2.75) is 25.6 Å². The van der Waals surface area contributed by atoms with Gasteiger partial charge in [0.1, 0.15) is 11.4 Å². The maximum Gasteiger partial charge on any atom is 0.419 e. The lowest BCUT2D eigenvalue weighted by Crippen LogP contribution is -2.23. The number of rotatable bonds is 2. The molecule has 0 aliphatic heterocycles. The molecule has 2 aromatic rings. The van der Waals surface area contributed by atoms with E-state index in [9.17, 15) is 22.7 Å². The fraction of sp³-hybridized carbons (Fsp3) is 0.286. The van der Waals surface area contributed by atoms with Crippen molar-refractivity contribution in [1.29, 1.82) is 0 Å². The lowest BCUT2D eigenvalue weighted by Gasteiger charge is -2.25. The number of aryl methyl sites for hydroxylation is 1. The largest absolute Gasteiger partial charge is 0.419 e. The Morgan fingerprint density at radius 3 is 2.30 bits per heavy atom. The van der Waals surface area contributed by atoms with Crippen LogP contribution < -0.4 is 0 Å². The number of alkyl halides is 3. The Kier molecular flexibility index (Phi) is 3.64. The van der Waals surface area contributed by atoms with Crippen molar-refractivity contribution in [2.75, 3.05) is 0 Å². The zero-order valence-electron chi connectivity index (χ0n) is 10.8. The van der Waals surface area contributed by atoms with Gasteiger partial charge in [-0.25, -0.2) is 4.39 Å². The third kappa shape index (κ3) is 2.58. The Morgan fingerprint density at radius 1 is 1.15 bits per heavy atom. The van der Waals surface area contributed by atoms with Crippen molar-refractivity contribution >= 4 is 11.3 Å². The molecule has 1 N–H and O–H groups in total. The highest BCUT2D eigenvalue weighted by molar-refractivity contribution is 7.10. The van der Waals surface area contributed by atoms with Crippen LogP contribution in [0.25, 0.3) is 0 Å². The fourth-order valence-electron chi connectivity index (χ4n) is 2.05. The topological polar surface area (TPSA) is 20.2 Å². The average molecular weight is 304 g/mol. The van der Waals surface area contributed by atoms with Crippen LogP contribution in [0.2, 0.25) is 0 Å². The van der Waals surface area contributed by atoms with Crippen LogP contribution in [0.5, 0.6) is 0 Å². The molecule has 0 fully saturated rings. The van der Waals surface area contributed by atoms with Gasteiger partial charge in [0.2, 0.25) is 0 Å². The molecule has 108 valence electrons. The molecule has 1 atom stereocenters. The number of aliphatic hydroxyl groups is 1. The van der Waals surface area contributed by atoms with E-state index < -0.39 is 23.2 Å². The SMILES string of the molecule is Cc1ccsc1C(C)(O)c1ccc(F)c(C(F)(F)F)c1. The molecule has 1 heterocycles. The first-order valence-corrected chi connectivity index (χ1v) is 6.66. The second-order valence-electron chi connectivity index (χ2n) is 4.70. The summed E-state index contributed by atoms with van der Waals surface area (Å²) in [5.41, 5.74) is -2.18. The van der Waals surface area contributed by atoms with Gasteiger partial charge in [0.05, 0.1) is 5.56 Å². The van der Waals surface area contributed by atoms with Crippen molar-refractivity contribution in [2.24, 2.45) is 0 Å². The van der Waals surface area contributed by atoms with E-state index in [0.29, 0.717) is 10.9 Å². The third-order valence-corrected chi connectivity index (χ3v) is 4.37. The molecule has 1 aromatic heterocycles. The molecule has 0 amide bonds. The molecule has 0 saturated heterocycles. The second kappa shape index (κ2) is 4.86. The van der Waals surface area contributed by atoms with Crippen molar-refractivity contribution in [3.63, 3.8) is 0 Å². The Balaban J connectivity index is 2.56. The predicted octanol–water partition coefficient (Wildman–Crippen LogP) is 4.47. The van der Waals surface area contributed by atoms with E-state index in [1.807, 2.05) is 0 Å². The van der Waals surface area contributed by atoms with Gasteiger partial charge in [-0.05, 0) is 48.6 Å². The summed E-state index contributed by atoms with van der Waals surface area (Å²) < 4.78 is 51.4. The number of hydrogen-bond acceptors (Lipinski definition) is 2. The molecular formula is C14H12F4OS. The van der Waals surface area contributed by atoms with E-state index in [1.165, 1.54) is 24.3 Å². The first kappa shape index (κ1) is 15.0. The van der Waals surface area contributed by atoms with Gasteiger partial charge < -0.3 is 5.11 Å². The lowest BCUT2D eigenvalue weighted by atomic mass is 9.91. The number of halogens is 4. The Hall–Kier alpha value is -1.40. The molecule has 1 nitrogen and oxygen atoms in total. The van der Waals surface area contributed by atoms with Crippen LogP contribution in [0.1, 0.15) is 28.5 Å². The predicted molar refractivity (Wildman–Crippen MR) is 69.1 cm³/mol. The number of thiophene rings is 1. The molecule has 20 heavy (non-hydrogen) atoms. The highest BCUT2D eigenvalue weighted by Crippen LogP contribution is 2.38. The van der Waals surface area contributed by atoms with Gasteiger partial charge in [0.25, 0.3) is 0 Å². The van der Waals surface area contributed by atoms with Crippen molar-refractivity contribution in [3.05, 3.63) is 57.0 Å². The van der Waals surface area contributed by atoms with Gasteiger partial charge in [-0.2, -0.15) is 13.2 Å². The summed E-state index contributed by atoms with van der Waals surface area (Å²) >= 11 is 1.24. The van der Waals surface area contributed by atoms with E-state index in [-0.39, 0.29) is 5.56 Å². The van der Waals surface area contributed by atoms with Crippen LogP contribution in [0.4, 0.5) is 17.6 Å². The van der Waals surface area contributed by atoms with E-state index >= 15 is 0 Å². The Bertz CT molecular complexity index is 628. The van der Waals surface area contributed by atoms with Crippen molar-refractivity contribution in [3.8, 4) is 0 Å². The third-order valence-electron chi connectivity index (χ3n) is 3.14. The molecule has 0 aliphatic carbocycles. The van der Waals surface area contributed by atoms with E-state index in [1.54, 1.807) is 18.4 Å². The molecule has 2 rings (SSSR count). The summed E-state index contributed by atoms with van der Waals surface area (Å²) in [7, 11) is 0. The van der Waals surface area contributed by atoms with Gasteiger partial charge >= 0.3 is 6.18 Å². The van der Waals surface area contributed by atoms with E-state index in [2.05, 4.69) is 0 Å². The quantitative estimate of drug-likeness (QED) is 0.812. The summed E-state index contributed by atoms with van der Waals surface area (Å²) in [4.78, 5) is 0.539. The van der Waals surface area contributed by atoms with Gasteiger partial charge in [0, 0.05) is 4.88 Å². The zero-order valence-corrected chi connectivity index (χ0v) is 11.6. The van der Waals surface area contributed by atoms with Gasteiger partial charge in [-0.1, -0.05) is 6.07 Å². The standard InChI is InChI=1S/C14H12F4OS/c1-8-5-6-20-12(8)13(2,19)9-3-4-11(15)10(7-9)14(16,17)18/h3-7,19H,1-2H3. The minimum atomic E-state index is -4.79. The molecular weight excluding hydrogens is 292 g/mol. The molecule has 0 saturated carbocycles. The molecule has 0 bridgehead atoms. The van der Waals surface area contributed by atoms with Crippen LogP contribution >= 0.6 is 11.3 Å². The summed E-state index contributed by atoms with van der Waals surface area (Å²) in [5.74, 6) is -1.35. The van der Waals surface area contributed by atoms with Crippen molar-refractivity contribution in [1.82, 2.24) is 0 Å². The maximum absolute atomic E-state index is 13.3. The van der Waals surface area contributed by atoms with Crippen molar-refractivity contribution < 1.29 is 22.7 Å². The van der Waals surface area contributed by atoms with Crippen LogP contribution in [0.15, 0.2) is 29.6 Å². The number of benzene rings is 1. The van der Waals surface area contributed by atoms with Crippen LogP contribution in [-0.2, 0) is 11.8 Å². The van der Waals surface area contributed by atoms with E-state index in [4.69, 9.17) is 0 Å². The molecule has 6 heteroatoms. The van der Waals surface area contributed by atoms with Gasteiger partial charge in [-0.15, -0.1) is 11.3 Å². The maximum atomic E-state index is 13.3. The van der Waals surface area contributed by atoms with Gasteiger partial charge in [0.15, 0.2) is 0 Å². The number of hydrogen-bond donors (Lipinski definition) is 1. The molecule has 0 aliphatic rings.